The van der Waals surface area contributed by atoms with E-state index in [1.54, 1.807) is 27.0 Å². The molecule has 0 saturated heterocycles. The van der Waals surface area contributed by atoms with Crippen LogP contribution in [0.2, 0.25) is 0 Å². The number of aryl methyl sites for hydroxylation is 1. The third-order valence-electron chi connectivity index (χ3n) is 2.94. The highest BCUT2D eigenvalue weighted by molar-refractivity contribution is 7.07. The Balaban J connectivity index is 2.09. The molecule has 0 spiro atoms. The molecule has 0 unspecified atom stereocenters. The van der Waals surface area contributed by atoms with Crippen molar-refractivity contribution in [2.75, 3.05) is 11.9 Å². The van der Waals surface area contributed by atoms with Crippen LogP contribution in [0.3, 0.4) is 0 Å². The van der Waals surface area contributed by atoms with Gasteiger partial charge in [-0.1, -0.05) is 11.3 Å². The maximum Gasteiger partial charge on any atom is 0.307 e. The lowest BCUT2D eigenvalue weighted by Crippen LogP contribution is -2.15. The standard InChI is InChI=1S/C12H14N6OS/c1-3-13-10-8-6-14-17(2)11(8)16-9(15-10)7-18-4-5-20-12(18)19/h4-6H,3,7H2,1-2H3,(H,13,15,16). The minimum absolute atomic E-state index is 0.0105. The number of aromatic nitrogens is 5. The molecule has 0 aromatic carbocycles. The van der Waals surface area contributed by atoms with Gasteiger partial charge in [-0.3, -0.25) is 14.0 Å². The third-order valence-corrected chi connectivity index (χ3v) is 3.63. The second kappa shape index (κ2) is 5.04. The van der Waals surface area contributed by atoms with Gasteiger partial charge in [0.05, 0.1) is 18.1 Å². The lowest BCUT2D eigenvalue weighted by Gasteiger charge is -2.07. The molecule has 7 nitrogen and oxygen atoms in total. The number of rotatable bonds is 4. The van der Waals surface area contributed by atoms with E-state index in [9.17, 15) is 4.79 Å². The number of hydrogen-bond acceptors (Lipinski definition) is 6. The summed E-state index contributed by atoms with van der Waals surface area (Å²) in [4.78, 5) is 20.6. The van der Waals surface area contributed by atoms with E-state index in [0.29, 0.717) is 12.4 Å². The molecule has 0 aliphatic carbocycles. The van der Waals surface area contributed by atoms with E-state index < -0.39 is 0 Å². The topological polar surface area (TPSA) is 77.6 Å². The third kappa shape index (κ3) is 2.18. The molecule has 3 aromatic rings. The molecular formula is C12H14N6OS. The summed E-state index contributed by atoms with van der Waals surface area (Å²) in [6.07, 6.45) is 3.49. The zero-order chi connectivity index (χ0) is 14.1. The first-order chi connectivity index (χ1) is 9.69. The molecule has 0 radical (unpaired) electrons. The van der Waals surface area contributed by atoms with Crippen LogP contribution < -0.4 is 10.2 Å². The number of hydrogen-bond donors (Lipinski definition) is 1. The largest absolute Gasteiger partial charge is 0.370 e. The molecular weight excluding hydrogens is 276 g/mol. The van der Waals surface area contributed by atoms with Crippen LogP contribution in [-0.2, 0) is 13.6 Å². The molecule has 0 bridgehead atoms. The molecule has 3 heterocycles. The van der Waals surface area contributed by atoms with Crippen molar-refractivity contribution in [2.24, 2.45) is 7.05 Å². The van der Waals surface area contributed by atoms with Crippen LogP contribution in [0.15, 0.2) is 22.6 Å². The molecule has 0 atom stereocenters. The van der Waals surface area contributed by atoms with Gasteiger partial charge in [0.15, 0.2) is 11.5 Å². The summed E-state index contributed by atoms with van der Waals surface area (Å²) in [5.74, 6) is 1.35. The molecule has 3 rings (SSSR count). The van der Waals surface area contributed by atoms with Gasteiger partial charge in [-0.2, -0.15) is 5.10 Å². The van der Waals surface area contributed by atoms with E-state index >= 15 is 0 Å². The van der Waals surface area contributed by atoms with Crippen molar-refractivity contribution in [2.45, 2.75) is 13.5 Å². The average molecular weight is 290 g/mol. The molecule has 3 aromatic heterocycles. The molecule has 104 valence electrons. The van der Waals surface area contributed by atoms with Gasteiger partial charge in [-0.15, -0.1) is 0 Å². The first-order valence-electron chi connectivity index (χ1n) is 6.25. The predicted molar refractivity (Wildman–Crippen MR) is 78.1 cm³/mol. The van der Waals surface area contributed by atoms with Crippen molar-refractivity contribution in [3.05, 3.63) is 33.3 Å². The summed E-state index contributed by atoms with van der Waals surface area (Å²) >= 11 is 1.17. The second-order valence-electron chi connectivity index (χ2n) is 4.32. The summed E-state index contributed by atoms with van der Waals surface area (Å²) < 4.78 is 3.30. The SMILES string of the molecule is CCNc1nc(Cn2ccsc2=O)nc2c1cnn2C. The summed E-state index contributed by atoms with van der Waals surface area (Å²) in [6.45, 7) is 3.13. The zero-order valence-corrected chi connectivity index (χ0v) is 12.0. The summed E-state index contributed by atoms with van der Waals surface area (Å²) in [7, 11) is 1.84. The number of anilines is 1. The Kier molecular flexibility index (Phi) is 3.23. The van der Waals surface area contributed by atoms with Gasteiger partial charge in [-0.25, -0.2) is 9.97 Å². The van der Waals surface area contributed by atoms with Crippen LogP contribution in [0.4, 0.5) is 5.82 Å². The maximum atomic E-state index is 11.6. The van der Waals surface area contributed by atoms with Crippen LogP contribution >= 0.6 is 11.3 Å². The van der Waals surface area contributed by atoms with Crippen LogP contribution in [0, 0.1) is 0 Å². The van der Waals surface area contributed by atoms with Crippen molar-refractivity contribution in [3.8, 4) is 0 Å². The highest BCUT2D eigenvalue weighted by atomic mass is 32.1. The Hall–Kier alpha value is -2.22. The number of nitrogens with zero attached hydrogens (tertiary/aromatic N) is 5. The Bertz CT molecular complexity index is 802. The quantitative estimate of drug-likeness (QED) is 0.777. The first-order valence-corrected chi connectivity index (χ1v) is 7.13. The number of nitrogens with one attached hydrogen (secondary N) is 1. The van der Waals surface area contributed by atoms with Gasteiger partial charge < -0.3 is 5.32 Å². The predicted octanol–water partition coefficient (Wildman–Crippen LogP) is 1.07. The average Bonchev–Trinajstić information content (AvgIpc) is 2.99. The molecule has 1 N–H and O–H groups in total. The molecule has 20 heavy (non-hydrogen) atoms. The Morgan fingerprint density at radius 3 is 2.95 bits per heavy atom. The number of thiazole rings is 1. The lowest BCUT2D eigenvalue weighted by molar-refractivity contribution is 0.727. The lowest BCUT2D eigenvalue weighted by atomic mass is 10.3. The molecule has 0 aliphatic heterocycles. The molecule has 0 aliphatic rings. The summed E-state index contributed by atoms with van der Waals surface area (Å²) in [5, 5.41) is 10.1. The van der Waals surface area contributed by atoms with Crippen LogP contribution in [0.25, 0.3) is 11.0 Å². The normalized spacial score (nSPS) is 11.1. The van der Waals surface area contributed by atoms with E-state index in [-0.39, 0.29) is 4.87 Å². The van der Waals surface area contributed by atoms with Crippen molar-refractivity contribution < 1.29 is 0 Å². The van der Waals surface area contributed by atoms with Crippen molar-refractivity contribution in [1.82, 2.24) is 24.3 Å². The molecule has 0 fully saturated rings. The fourth-order valence-electron chi connectivity index (χ4n) is 2.00. The van der Waals surface area contributed by atoms with Gasteiger partial charge >= 0.3 is 4.87 Å². The fraction of sp³-hybridized carbons (Fsp3) is 0.333. The maximum absolute atomic E-state index is 11.6. The smallest absolute Gasteiger partial charge is 0.307 e. The van der Waals surface area contributed by atoms with Gasteiger partial charge in [0, 0.05) is 25.2 Å². The molecule has 8 heteroatoms. The monoisotopic (exact) mass is 290 g/mol. The van der Waals surface area contributed by atoms with Crippen molar-refractivity contribution in [3.63, 3.8) is 0 Å². The van der Waals surface area contributed by atoms with E-state index in [1.165, 1.54) is 11.3 Å². The van der Waals surface area contributed by atoms with Crippen LogP contribution in [0.5, 0.6) is 0 Å². The molecule has 0 saturated carbocycles. The van der Waals surface area contributed by atoms with E-state index in [1.807, 2.05) is 14.0 Å². The fourth-order valence-corrected chi connectivity index (χ4v) is 2.59. The van der Waals surface area contributed by atoms with Gasteiger partial charge in [0.1, 0.15) is 5.82 Å². The molecule has 0 amide bonds. The Morgan fingerprint density at radius 1 is 1.40 bits per heavy atom. The zero-order valence-electron chi connectivity index (χ0n) is 11.2. The van der Waals surface area contributed by atoms with Crippen molar-refractivity contribution >= 4 is 28.2 Å². The van der Waals surface area contributed by atoms with Gasteiger partial charge in [-0.05, 0) is 6.92 Å². The highest BCUT2D eigenvalue weighted by Crippen LogP contribution is 2.19. The van der Waals surface area contributed by atoms with Crippen LogP contribution in [0.1, 0.15) is 12.7 Å². The Morgan fingerprint density at radius 2 is 2.25 bits per heavy atom. The first kappa shape index (κ1) is 12.8. The number of fused-ring (bicyclic) bond motifs is 1. The van der Waals surface area contributed by atoms with Gasteiger partial charge in [0.25, 0.3) is 0 Å². The van der Waals surface area contributed by atoms with E-state index in [2.05, 4.69) is 20.4 Å². The van der Waals surface area contributed by atoms with E-state index in [4.69, 9.17) is 0 Å². The van der Waals surface area contributed by atoms with Crippen LogP contribution in [-0.4, -0.2) is 30.9 Å². The minimum Gasteiger partial charge on any atom is -0.370 e. The van der Waals surface area contributed by atoms with Crippen molar-refractivity contribution in [1.29, 1.82) is 0 Å². The summed E-state index contributed by atoms with van der Waals surface area (Å²) in [6, 6.07) is 0. The highest BCUT2D eigenvalue weighted by Gasteiger charge is 2.11. The second-order valence-corrected chi connectivity index (χ2v) is 5.18. The Labute approximate surface area is 118 Å². The van der Waals surface area contributed by atoms with E-state index in [0.717, 1.165) is 23.4 Å². The summed E-state index contributed by atoms with van der Waals surface area (Å²) in [5.41, 5.74) is 0.759. The minimum atomic E-state index is -0.0105. The van der Waals surface area contributed by atoms with Gasteiger partial charge in [0.2, 0.25) is 0 Å².